The number of nitrogen functional groups attached to an aromatic ring is 1. The number of rotatable bonds is 5. The first-order valence-electron chi connectivity index (χ1n) is 4.95. The van der Waals surface area contributed by atoms with Crippen LogP contribution in [-0.4, -0.2) is 35.4 Å². The lowest BCUT2D eigenvalue weighted by atomic mass is 10.3. The Balaban J connectivity index is 2.99. The molecule has 0 heterocycles. The molecule has 0 amide bonds. The molecule has 0 unspecified atom stereocenters. The Bertz CT molecular complexity index is 686. The molecule has 1 aromatic rings. The highest BCUT2D eigenvalue weighted by Crippen LogP contribution is 2.22. The van der Waals surface area contributed by atoms with Gasteiger partial charge in [0.1, 0.15) is 26.2 Å². The molecule has 0 radical (unpaired) electrons. The summed E-state index contributed by atoms with van der Waals surface area (Å²) in [5.74, 6) is -2.93. The summed E-state index contributed by atoms with van der Waals surface area (Å²) < 4.78 is 73.3. The minimum Gasteiger partial charge on any atom is -0.394 e. The fourth-order valence-corrected chi connectivity index (χ4v) is 2.92. The summed E-state index contributed by atoms with van der Waals surface area (Å²) in [6, 6.07) is 1.42. The zero-order chi connectivity index (χ0) is 14.8. The molecule has 19 heavy (non-hydrogen) atoms. The average Bonchev–Trinajstić information content (AvgIpc) is 2.23. The summed E-state index contributed by atoms with van der Waals surface area (Å²) in [4.78, 5) is -0.833. The normalized spacial score (nSPS) is 12.6. The summed E-state index contributed by atoms with van der Waals surface area (Å²) in [6.45, 7) is -0.419. The molecule has 0 aliphatic carbocycles. The average molecular weight is 314 g/mol. The van der Waals surface area contributed by atoms with Gasteiger partial charge in [-0.2, -0.15) is 0 Å². The second-order valence-electron chi connectivity index (χ2n) is 3.80. The molecule has 1 rings (SSSR count). The Morgan fingerprint density at radius 3 is 2.32 bits per heavy atom. The van der Waals surface area contributed by atoms with Crippen LogP contribution in [0.25, 0.3) is 0 Å². The Labute approximate surface area is 109 Å². The van der Waals surface area contributed by atoms with Gasteiger partial charge in [0.05, 0.1) is 5.75 Å². The first-order valence-corrected chi connectivity index (χ1v) is 8.50. The molecular weight excluding hydrogens is 302 g/mol. The van der Waals surface area contributed by atoms with Gasteiger partial charge < -0.3 is 5.73 Å². The lowest BCUT2D eigenvalue weighted by Crippen LogP contribution is -2.29. The maximum Gasteiger partial charge on any atom is 0.243 e. The largest absolute Gasteiger partial charge is 0.394 e. The van der Waals surface area contributed by atoms with Crippen molar-refractivity contribution in [2.75, 3.05) is 24.3 Å². The summed E-state index contributed by atoms with van der Waals surface area (Å²) in [5.41, 5.74) is 4.13. The molecular formula is C9H12F2N2O4S2. The van der Waals surface area contributed by atoms with Crippen LogP contribution in [-0.2, 0) is 19.9 Å². The molecule has 0 aromatic heterocycles. The molecule has 0 bridgehead atoms. The van der Waals surface area contributed by atoms with Crippen molar-refractivity contribution in [2.24, 2.45) is 0 Å². The standard InChI is InChI=1S/C9H12F2N2O4S2/c1-18(14,15)5-4-13-19(16,17)7-3-2-6(10)9(12)8(7)11/h2-3,13H,4-5,12H2,1H3. The van der Waals surface area contributed by atoms with Crippen molar-refractivity contribution >= 4 is 25.5 Å². The van der Waals surface area contributed by atoms with Gasteiger partial charge >= 0.3 is 0 Å². The molecule has 0 aliphatic rings. The molecule has 6 nitrogen and oxygen atoms in total. The zero-order valence-electron chi connectivity index (χ0n) is 9.85. The summed E-state index contributed by atoms with van der Waals surface area (Å²) in [6.07, 6.45) is 0.928. The monoisotopic (exact) mass is 314 g/mol. The molecule has 108 valence electrons. The van der Waals surface area contributed by atoms with Crippen molar-refractivity contribution in [1.29, 1.82) is 0 Å². The highest BCUT2D eigenvalue weighted by Gasteiger charge is 2.22. The maximum absolute atomic E-state index is 13.5. The Kier molecular flexibility index (Phi) is 4.48. The number of hydrogen-bond donors (Lipinski definition) is 2. The van der Waals surface area contributed by atoms with Gasteiger partial charge in [0.25, 0.3) is 0 Å². The molecule has 10 heteroatoms. The van der Waals surface area contributed by atoms with Gasteiger partial charge in [0.15, 0.2) is 5.82 Å². The van der Waals surface area contributed by atoms with Crippen LogP contribution in [0.1, 0.15) is 0 Å². The third-order valence-electron chi connectivity index (χ3n) is 2.15. The van der Waals surface area contributed by atoms with Crippen molar-refractivity contribution in [3.8, 4) is 0 Å². The van der Waals surface area contributed by atoms with Gasteiger partial charge in [-0.15, -0.1) is 0 Å². The predicted octanol–water partition coefficient (Wildman–Crippen LogP) is -0.130. The molecule has 0 saturated heterocycles. The van der Waals surface area contributed by atoms with E-state index in [9.17, 15) is 25.6 Å². The zero-order valence-corrected chi connectivity index (χ0v) is 11.5. The molecule has 3 N–H and O–H groups in total. The number of sulfone groups is 1. The fraction of sp³-hybridized carbons (Fsp3) is 0.333. The van der Waals surface area contributed by atoms with E-state index >= 15 is 0 Å². The van der Waals surface area contributed by atoms with Crippen LogP contribution in [0.5, 0.6) is 0 Å². The summed E-state index contributed by atoms with van der Waals surface area (Å²) in [5, 5.41) is 0. The van der Waals surface area contributed by atoms with E-state index in [0.29, 0.717) is 12.1 Å². The van der Waals surface area contributed by atoms with Crippen molar-refractivity contribution in [2.45, 2.75) is 4.90 Å². The number of sulfonamides is 1. The van der Waals surface area contributed by atoms with E-state index < -0.39 is 54.4 Å². The lowest BCUT2D eigenvalue weighted by Gasteiger charge is -2.08. The smallest absolute Gasteiger partial charge is 0.243 e. The van der Waals surface area contributed by atoms with Gasteiger partial charge in [0, 0.05) is 12.8 Å². The van der Waals surface area contributed by atoms with Gasteiger partial charge in [-0.1, -0.05) is 0 Å². The van der Waals surface area contributed by atoms with Crippen LogP contribution >= 0.6 is 0 Å². The second-order valence-corrected chi connectivity index (χ2v) is 7.80. The number of nitrogens with one attached hydrogen (secondary N) is 1. The van der Waals surface area contributed by atoms with Gasteiger partial charge in [-0.25, -0.2) is 30.3 Å². The third kappa shape index (κ3) is 4.11. The molecule has 0 saturated carbocycles. The molecule has 0 atom stereocenters. The lowest BCUT2D eigenvalue weighted by molar-refractivity contribution is 0.549. The van der Waals surface area contributed by atoms with E-state index in [1.54, 1.807) is 0 Å². The van der Waals surface area contributed by atoms with Gasteiger partial charge in [-0.3, -0.25) is 0 Å². The van der Waals surface area contributed by atoms with Crippen LogP contribution in [0.3, 0.4) is 0 Å². The SMILES string of the molecule is CS(=O)(=O)CCNS(=O)(=O)c1ccc(F)c(N)c1F. The Hall–Kier alpha value is -1.26. The fourth-order valence-electron chi connectivity index (χ4n) is 1.20. The number of benzene rings is 1. The van der Waals surface area contributed by atoms with Crippen LogP contribution in [0, 0.1) is 11.6 Å². The van der Waals surface area contributed by atoms with E-state index in [2.05, 4.69) is 0 Å². The Morgan fingerprint density at radius 2 is 1.79 bits per heavy atom. The van der Waals surface area contributed by atoms with Gasteiger partial charge in [0.2, 0.25) is 10.0 Å². The number of hydrogen-bond acceptors (Lipinski definition) is 5. The highest BCUT2D eigenvalue weighted by molar-refractivity contribution is 7.91. The number of anilines is 1. The Morgan fingerprint density at radius 1 is 1.21 bits per heavy atom. The summed E-state index contributed by atoms with van der Waals surface area (Å²) in [7, 11) is -7.65. The van der Waals surface area contributed by atoms with Crippen LogP contribution in [0.2, 0.25) is 0 Å². The summed E-state index contributed by atoms with van der Waals surface area (Å²) >= 11 is 0. The van der Waals surface area contributed by atoms with Crippen molar-refractivity contribution in [3.05, 3.63) is 23.8 Å². The van der Waals surface area contributed by atoms with E-state index in [0.717, 1.165) is 6.26 Å². The number of halogens is 2. The minimum absolute atomic E-state index is 0.419. The third-order valence-corrected chi connectivity index (χ3v) is 4.57. The molecule has 0 spiro atoms. The number of nitrogens with two attached hydrogens (primary N) is 1. The van der Waals surface area contributed by atoms with Crippen molar-refractivity contribution in [1.82, 2.24) is 4.72 Å². The van der Waals surface area contributed by atoms with Crippen LogP contribution in [0.15, 0.2) is 17.0 Å². The topological polar surface area (TPSA) is 106 Å². The minimum atomic E-state index is -4.29. The van der Waals surface area contributed by atoms with Crippen molar-refractivity contribution in [3.63, 3.8) is 0 Å². The predicted molar refractivity (Wildman–Crippen MR) is 65.7 cm³/mol. The maximum atomic E-state index is 13.5. The van der Waals surface area contributed by atoms with Crippen LogP contribution in [0.4, 0.5) is 14.5 Å². The molecule has 1 aromatic carbocycles. The van der Waals surface area contributed by atoms with E-state index in [1.165, 1.54) is 0 Å². The molecule has 0 fully saturated rings. The highest BCUT2D eigenvalue weighted by atomic mass is 32.2. The van der Waals surface area contributed by atoms with Crippen LogP contribution < -0.4 is 10.5 Å². The first-order chi connectivity index (χ1) is 8.54. The van der Waals surface area contributed by atoms with E-state index in [1.807, 2.05) is 4.72 Å². The van der Waals surface area contributed by atoms with E-state index in [-0.39, 0.29) is 0 Å². The first kappa shape index (κ1) is 15.8. The second kappa shape index (κ2) is 5.39. The quantitative estimate of drug-likeness (QED) is 0.736. The van der Waals surface area contributed by atoms with Gasteiger partial charge in [-0.05, 0) is 12.1 Å². The molecule has 0 aliphatic heterocycles. The van der Waals surface area contributed by atoms with Crippen molar-refractivity contribution < 1.29 is 25.6 Å². The van der Waals surface area contributed by atoms with E-state index in [4.69, 9.17) is 5.73 Å².